The summed E-state index contributed by atoms with van der Waals surface area (Å²) < 4.78 is 1.55. The second-order valence-corrected chi connectivity index (χ2v) is 8.47. The number of halogens is 1. The molecular formula is C23H26ClN5O2. The van der Waals surface area contributed by atoms with Gasteiger partial charge in [-0.15, -0.1) is 5.10 Å². The van der Waals surface area contributed by atoms with Gasteiger partial charge in [0.05, 0.1) is 18.3 Å². The van der Waals surface area contributed by atoms with Crippen LogP contribution in [0.1, 0.15) is 34.5 Å². The summed E-state index contributed by atoms with van der Waals surface area (Å²) in [6.45, 7) is 3.13. The minimum atomic E-state index is -0.855. The molecule has 2 heterocycles. The second kappa shape index (κ2) is 9.60. The molecule has 2 aromatic carbocycles. The van der Waals surface area contributed by atoms with E-state index in [-0.39, 0.29) is 11.6 Å². The predicted molar refractivity (Wildman–Crippen MR) is 119 cm³/mol. The smallest absolute Gasteiger partial charge is 0.273 e. The van der Waals surface area contributed by atoms with Gasteiger partial charge in [-0.05, 0) is 30.0 Å². The Morgan fingerprint density at radius 2 is 1.81 bits per heavy atom. The van der Waals surface area contributed by atoms with Crippen LogP contribution in [0, 0.1) is 0 Å². The maximum absolute atomic E-state index is 12.4. The third-order valence-corrected chi connectivity index (χ3v) is 6.03. The average molecular weight is 440 g/mol. The number of aromatic nitrogens is 3. The van der Waals surface area contributed by atoms with E-state index in [1.165, 1.54) is 5.56 Å². The normalized spacial score (nSPS) is 16.2. The van der Waals surface area contributed by atoms with Crippen LogP contribution in [-0.2, 0) is 19.6 Å². The molecule has 1 aromatic heterocycles. The molecule has 2 N–H and O–H groups in total. The molecule has 0 saturated carbocycles. The van der Waals surface area contributed by atoms with Gasteiger partial charge in [-0.2, -0.15) is 0 Å². The van der Waals surface area contributed by atoms with Crippen LogP contribution in [-0.4, -0.2) is 49.6 Å². The first-order valence-electron chi connectivity index (χ1n) is 10.4. The number of nitrogens with zero attached hydrogens (tertiary/aromatic N) is 4. The summed E-state index contributed by atoms with van der Waals surface area (Å²) in [5.74, 6) is -0.323. The lowest BCUT2D eigenvalue weighted by atomic mass is 9.91. The van der Waals surface area contributed by atoms with Gasteiger partial charge in [0, 0.05) is 31.2 Å². The van der Waals surface area contributed by atoms with Crippen LogP contribution in [0.3, 0.4) is 0 Å². The molecule has 0 spiro atoms. The number of hydrogen-bond acceptors (Lipinski definition) is 5. The highest BCUT2D eigenvalue weighted by Crippen LogP contribution is 2.25. The fourth-order valence-electron chi connectivity index (χ4n) is 3.82. The van der Waals surface area contributed by atoms with Gasteiger partial charge in [0.15, 0.2) is 5.69 Å². The molecule has 1 amide bonds. The molecule has 0 radical (unpaired) electrons. The second-order valence-electron chi connectivity index (χ2n) is 8.06. The first-order chi connectivity index (χ1) is 15.0. The molecule has 7 nitrogen and oxygen atoms in total. The molecule has 3 aromatic rings. The Kier molecular flexibility index (Phi) is 6.65. The molecule has 1 aliphatic rings. The van der Waals surface area contributed by atoms with Crippen molar-refractivity contribution in [3.63, 3.8) is 0 Å². The van der Waals surface area contributed by atoms with Crippen molar-refractivity contribution >= 4 is 17.5 Å². The lowest BCUT2D eigenvalue weighted by molar-refractivity contribution is -0.0383. The molecule has 0 bridgehead atoms. The molecule has 4 rings (SSSR count). The average Bonchev–Trinajstić information content (AvgIpc) is 3.24. The Morgan fingerprint density at radius 3 is 2.55 bits per heavy atom. The first-order valence-corrected chi connectivity index (χ1v) is 10.8. The Bertz CT molecular complexity index is 1020. The standard InChI is InChI=1S/C23H26ClN5O2/c24-20-9-5-4-8-19(20)14-25-22(30)21-16-29(27-26-21)17-23(31)10-12-28(13-11-23)15-18-6-2-1-3-7-18/h1-9,16,31H,10-15,17H2,(H,25,30). The van der Waals surface area contributed by atoms with Crippen LogP contribution >= 0.6 is 11.6 Å². The van der Waals surface area contributed by atoms with Crippen molar-refractivity contribution < 1.29 is 9.90 Å². The SMILES string of the molecule is O=C(NCc1ccccc1Cl)c1cn(CC2(O)CCN(Cc3ccccc3)CC2)nn1. The van der Waals surface area contributed by atoms with Gasteiger partial charge >= 0.3 is 0 Å². The molecule has 8 heteroatoms. The summed E-state index contributed by atoms with van der Waals surface area (Å²) in [6, 6.07) is 17.7. The van der Waals surface area contributed by atoms with Gasteiger partial charge in [0.2, 0.25) is 0 Å². The third-order valence-electron chi connectivity index (χ3n) is 5.66. The van der Waals surface area contributed by atoms with Gasteiger partial charge in [-0.1, -0.05) is 65.3 Å². The van der Waals surface area contributed by atoms with E-state index in [2.05, 4.69) is 32.7 Å². The molecule has 0 atom stereocenters. The number of aliphatic hydroxyl groups is 1. The van der Waals surface area contributed by atoms with Crippen molar-refractivity contribution in [2.75, 3.05) is 13.1 Å². The molecule has 1 saturated heterocycles. The van der Waals surface area contributed by atoms with Gasteiger partial charge in [0.25, 0.3) is 5.91 Å². The lowest BCUT2D eigenvalue weighted by Crippen LogP contribution is -2.46. The summed E-state index contributed by atoms with van der Waals surface area (Å²) in [6.07, 6.45) is 2.87. The largest absolute Gasteiger partial charge is 0.388 e. The van der Waals surface area contributed by atoms with Crippen LogP contribution < -0.4 is 5.32 Å². The van der Waals surface area contributed by atoms with Crippen LogP contribution in [0.4, 0.5) is 0 Å². The third kappa shape index (κ3) is 5.70. The summed E-state index contributed by atoms with van der Waals surface area (Å²) in [7, 11) is 0. The Morgan fingerprint density at radius 1 is 1.10 bits per heavy atom. The molecule has 31 heavy (non-hydrogen) atoms. The maximum atomic E-state index is 12.4. The van der Waals surface area contributed by atoms with E-state index in [9.17, 15) is 9.90 Å². The predicted octanol–water partition coefficient (Wildman–Crippen LogP) is 2.89. The lowest BCUT2D eigenvalue weighted by Gasteiger charge is -2.38. The monoisotopic (exact) mass is 439 g/mol. The number of benzene rings is 2. The van der Waals surface area contributed by atoms with E-state index < -0.39 is 5.60 Å². The van der Waals surface area contributed by atoms with E-state index in [1.807, 2.05) is 36.4 Å². The zero-order valence-corrected chi connectivity index (χ0v) is 18.0. The van der Waals surface area contributed by atoms with Crippen LogP contribution in [0.5, 0.6) is 0 Å². The number of likely N-dealkylation sites (tertiary alicyclic amines) is 1. The highest BCUT2D eigenvalue weighted by atomic mass is 35.5. The number of amides is 1. The highest BCUT2D eigenvalue weighted by Gasteiger charge is 2.33. The van der Waals surface area contributed by atoms with Crippen molar-refractivity contribution in [2.45, 2.75) is 38.1 Å². The molecule has 162 valence electrons. The number of nitrogens with one attached hydrogen (secondary N) is 1. The maximum Gasteiger partial charge on any atom is 0.273 e. The minimum absolute atomic E-state index is 0.220. The van der Waals surface area contributed by atoms with E-state index in [4.69, 9.17) is 11.6 Å². The zero-order chi connectivity index (χ0) is 21.7. The van der Waals surface area contributed by atoms with Crippen LogP contribution in [0.2, 0.25) is 5.02 Å². The number of hydrogen-bond donors (Lipinski definition) is 2. The molecule has 0 aliphatic carbocycles. The minimum Gasteiger partial charge on any atom is -0.388 e. The summed E-state index contributed by atoms with van der Waals surface area (Å²) in [5.41, 5.74) is 1.47. The fourth-order valence-corrected chi connectivity index (χ4v) is 4.02. The zero-order valence-electron chi connectivity index (χ0n) is 17.2. The number of carbonyl (C=O) groups is 1. The van der Waals surface area contributed by atoms with Gasteiger partial charge in [-0.25, -0.2) is 4.68 Å². The molecule has 0 unspecified atom stereocenters. The van der Waals surface area contributed by atoms with E-state index in [0.29, 0.717) is 31.0 Å². The van der Waals surface area contributed by atoms with Crippen LogP contribution in [0.25, 0.3) is 0 Å². The van der Waals surface area contributed by atoms with Gasteiger partial charge in [-0.3, -0.25) is 9.69 Å². The van der Waals surface area contributed by atoms with Crippen molar-refractivity contribution in [1.82, 2.24) is 25.2 Å². The fraction of sp³-hybridized carbons (Fsp3) is 0.348. The molecule has 1 fully saturated rings. The Hall–Kier alpha value is -2.74. The highest BCUT2D eigenvalue weighted by molar-refractivity contribution is 6.31. The summed E-state index contributed by atoms with van der Waals surface area (Å²) in [4.78, 5) is 14.7. The number of carbonyl (C=O) groups excluding carboxylic acids is 1. The Balaban J connectivity index is 1.28. The van der Waals surface area contributed by atoms with Crippen molar-refractivity contribution in [1.29, 1.82) is 0 Å². The van der Waals surface area contributed by atoms with Crippen LogP contribution in [0.15, 0.2) is 60.8 Å². The van der Waals surface area contributed by atoms with Crippen molar-refractivity contribution in [3.05, 3.63) is 82.6 Å². The topological polar surface area (TPSA) is 83.3 Å². The van der Waals surface area contributed by atoms with Gasteiger partial charge < -0.3 is 10.4 Å². The van der Waals surface area contributed by atoms with Crippen molar-refractivity contribution in [3.8, 4) is 0 Å². The van der Waals surface area contributed by atoms with E-state index in [0.717, 1.165) is 25.2 Å². The number of piperidine rings is 1. The first kappa shape index (κ1) is 21.5. The molecular weight excluding hydrogens is 414 g/mol. The quantitative estimate of drug-likeness (QED) is 0.591. The Labute approximate surface area is 186 Å². The van der Waals surface area contributed by atoms with Crippen molar-refractivity contribution in [2.24, 2.45) is 0 Å². The molecule has 1 aliphatic heterocycles. The van der Waals surface area contributed by atoms with E-state index in [1.54, 1.807) is 16.9 Å². The summed E-state index contributed by atoms with van der Waals surface area (Å²) >= 11 is 6.12. The number of rotatable bonds is 7. The van der Waals surface area contributed by atoms with Gasteiger partial charge in [0.1, 0.15) is 0 Å². The summed E-state index contributed by atoms with van der Waals surface area (Å²) in [5, 5.41) is 22.4. The van der Waals surface area contributed by atoms with E-state index >= 15 is 0 Å².